The molecular weight excluding hydrogens is 396 g/mol. The number of rotatable bonds is 2. The zero-order chi connectivity index (χ0) is 16.7. The summed E-state index contributed by atoms with van der Waals surface area (Å²) < 4.78 is 11.8. The molecule has 0 saturated carbocycles. The van der Waals surface area contributed by atoms with Gasteiger partial charge in [-0.3, -0.25) is 0 Å². The normalized spacial score (nSPS) is 11.1. The van der Waals surface area contributed by atoms with Crippen molar-refractivity contribution >= 4 is 38.5 Å². The first kappa shape index (κ1) is 15.1. The minimum atomic E-state index is -0.549. The van der Waals surface area contributed by atoms with Gasteiger partial charge in [0, 0.05) is 14.9 Å². The second kappa shape index (κ2) is 5.89. The fraction of sp³-hybridized carbons (Fsp3) is 0. The summed E-state index contributed by atoms with van der Waals surface area (Å²) in [6.07, 6.45) is 0. The van der Waals surface area contributed by atoms with E-state index < -0.39 is 5.63 Å². The molecule has 24 heavy (non-hydrogen) atoms. The van der Waals surface area contributed by atoms with Crippen molar-refractivity contribution in [3.05, 3.63) is 68.4 Å². The van der Waals surface area contributed by atoms with Gasteiger partial charge in [-0.05, 0) is 52.3 Å². The number of benzene rings is 2. The van der Waals surface area contributed by atoms with Crippen molar-refractivity contribution in [3.63, 3.8) is 0 Å². The molecule has 2 aromatic carbocycles. The first-order chi connectivity index (χ1) is 11.6. The number of hydrogen-bond donors (Lipinski definition) is 0. The van der Waals surface area contributed by atoms with Gasteiger partial charge in [0.1, 0.15) is 11.1 Å². The standard InChI is InChI=1S/C17H8BrClN2O3/c18-13-4-2-1-3-11(13)15-20-21-16(24-15)12-8-9-7-10(19)5-6-14(9)23-17(12)22/h1-8H. The van der Waals surface area contributed by atoms with E-state index in [-0.39, 0.29) is 11.5 Å². The van der Waals surface area contributed by atoms with Crippen LogP contribution in [0.2, 0.25) is 5.02 Å². The fourth-order valence-electron chi connectivity index (χ4n) is 2.32. The first-order valence-electron chi connectivity index (χ1n) is 6.94. The van der Waals surface area contributed by atoms with Crippen LogP contribution in [0.4, 0.5) is 0 Å². The number of fused-ring (bicyclic) bond motifs is 1. The highest BCUT2D eigenvalue weighted by Gasteiger charge is 2.17. The summed E-state index contributed by atoms with van der Waals surface area (Å²) in [4.78, 5) is 12.2. The number of hydrogen-bond acceptors (Lipinski definition) is 5. The molecule has 4 aromatic rings. The Balaban J connectivity index is 1.85. The Labute approximate surface area is 149 Å². The van der Waals surface area contributed by atoms with Crippen molar-refractivity contribution in [3.8, 4) is 22.9 Å². The van der Waals surface area contributed by atoms with Gasteiger partial charge in [0.05, 0.1) is 5.56 Å². The Bertz CT molecular complexity index is 1120. The Hall–Kier alpha value is -2.44. The van der Waals surface area contributed by atoms with Crippen LogP contribution in [-0.2, 0) is 0 Å². The maximum absolute atomic E-state index is 12.2. The van der Waals surface area contributed by atoms with E-state index in [1.165, 1.54) is 0 Å². The molecule has 0 amide bonds. The molecule has 0 radical (unpaired) electrons. The summed E-state index contributed by atoms with van der Waals surface area (Å²) >= 11 is 9.41. The van der Waals surface area contributed by atoms with E-state index in [4.69, 9.17) is 20.4 Å². The van der Waals surface area contributed by atoms with Gasteiger partial charge in [-0.15, -0.1) is 10.2 Å². The van der Waals surface area contributed by atoms with E-state index in [2.05, 4.69) is 26.1 Å². The van der Waals surface area contributed by atoms with Gasteiger partial charge in [0.2, 0.25) is 5.89 Å². The molecule has 2 heterocycles. The SMILES string of the molecule is O=c1oc2ccc(Cl)cc2cc1-c1nnc(-c2ccccc2Br)o1. The third-order valence-corrected chi connectivity index (χ3v) is 4.38. The molecule has 7 heteroatoms. The van der Waals surface area contributed by atoms with Gasteiger partial charge >= 0.3 is 5.63 Å². The molecule has 0 fully saturated rings. The molecule has 0 aliphatic heterocycles. The molecule has 0 aliphatic rings. The first-order valence-corrected chi connectivity index (χ1v) is 8.11. The largest absolute Gasteiger partial charge is 0.422 e. The molecule has 0 N–H and O–H groups in total. The molecule has 0 atom stereocenters. The second-order valence-corrected chi connectivity index (χ2v) is 6.31. The third kappa shape index (κ3) is 2.64. The molecular formula is C17H8BrClN2O3. The van der Waals surface area contributed by atoms with Gasteiger partial charge in [-0.25, -0.2) is 4.79 Å². The van der Waals surface area contributed by atoms with E-state index >= 15 is 0 Å². The van der Waals surface area contributed by atoms with Crippen LogP contribution in [0, 0.1) is 0 Å². The van der Waals surface area contributed by atoms with Gasteiger partial charge in [-0.1, -0.05) is 23.7 Å². The highest BCUT2D eigenvalue weighted by atomic mass is 79.9. The summed E-state index contributed by atoms with van der Waals surface area (Å²) in [7, 11) is 0. The van der Waals surface area contributed by atoms with Crippen LogP contribution in [0.25, 0.3) is 33.9 Å². The van der Waals surface area contributed by atoms with Crippen LogP contribution < -0.4 is 5.63 Å². The highest BCUT2D eigenvalue weighted by molar-refractivity contribution is 9.10. The quantitative estimate of drug-likeness (QED) is 0.444. The Morgan fingerprint density at radius 1 is 0.917 bits per heavy atom. The minimum absolute atomic E-state index is 0.0939. The average molecular weight is 404 g/mol. The van der Waals surface area contributed by atoms with Crippen molar-refractivity contribution < 1.29 is 8.83 Å². The second-order valence-electron chi connectivity index (χ2n) is 5.02. The minimum Gasteiger partial charge on any atom is -0.422 e. The van der Waals surface area contributed by atoms with Crippen LogP contribution in [0.3, 0.4) is 0 Å². The summed E-state index contributed by atoms with van der Waals surface area (Å²) in [5.41, 5.74) is 0.825. The van der Waals surface area contributed by atoms with E-state index in [1.54, 1.807) is 24.3 Å². The van der Waals surface area contributed by atoms with Crippen molar-refractivity contribution in [2.24, 2.45) is 0 Å². The zero-order valence-corrected chi connectivity index (χ0v) is 14.3. The van der Waals surface area contributed by atoms with Gasteiger partial charge in [0.25, 0.3) is 5.89 Å². The zero-order valence-electron chi connectivity index (χ0n) is 12.0. The lowest BCUT2D eigenvalue weighted by Gasteiger charge is -2.00. The third-order valence-electron chi connectivity index (χ3n) is 3.45. The summed E-state index contributed by atoms with van der Waals surface area (Å²) in [5, 5.41) is 9.19. The maximum Gasteiger partial charge on any atom is 0.349 e. The van der Waals surface area contributed by atoms with Crippen LogP contribution >= 0.6 is 27.5 Å². The molecule has 0 bridgehead atoms. The Morgan fingerprint density at radius 2 is 1.67 bits per heavy atom. The van der Waals surface area contributed by atoms with E-state index in [1.807, 2.05) is 24.3 Å². The smallest absolute Gasteiger partial charge is 0.349 e. The summed E-state index contributed by atoms with van der Waals surface area (Å²) in [6.45, 7) is 0. The van der Waals surface area contributed by atoms with Gasteiger partial charge in [0.15, 0.2) is 0 Å². The average Bonchev–Trinajstić information content (AvgIpc) is 3.04. The lowest BCUT2D eigenvalue weighted by Crippen LogP contribution is -2.02. The van der Waals surface area contributed by atoms with Crippen molar-refractivity contribution in [1.29, 1.82) is 0 Å². The predicted octanol–water partition coefficient (Wildman–Crippen LogP) is 4.93. The summed E-state index contributed by atoms with van der Waals surface area (Å²) in [5.74, 6) is 0.402. The Morgan fingerprint density at radius 3 is 2.46 bits per heavy atom. The molecule has 4 rings (SSSR count). The van der Waals surface area contributed by atoms with Crippen LogP contribution in [0.5, 0.6) is 0 Å². The van der Waals surface area contributed by atoms with E-state index in [0.717, 1.165) is 10.0 Å². The number of nitrogens with zero attached hydrogens (tertiary/aromatic N) is 2. The lowest BCUT2D eigenvalue weighted by molar-refractivity contribution is 0.547. The maximum atomic E-state index is 12.2. The van der Waals surface area contributed by atoms with Crippen LogP contribution in [0.1, 0.15) is 0 Å². The van der Waals surface area contributed by atoms with Crippen molar-refractivity contribution in [2.75, 3.05) is 0 Å². The molecule has 0 spiro atoms. The fourth-order valence-corrected chi connectivity index (χ4v) is 2.95. The number of aromatic nitrogens is 2. The van der Waals surface area contributed by atoms with Gasteiger partial charge in [-0.2, -0.15) is 0 Å². The highest BCUT2D eigenvalue weighted by Crippen LogP contribution is 2.29. The van der Waals surface area contributed by atoms with Crippen molar-refractivity contribution in [2.45, 2.75) is 0 Å². The molecule has 118 valence electrons. The molecule has 0 saturated heterocycles. The summed E-state index contributed by atoms with van der Waals surface area (Å²) in [6, 6.07) is 14.1. The molecule has 0 aliphatic carbocycles. The molecule has 5 nitrogen and oxygen atoms in total. The van der Waals surface area contributed by atoms with Crippen LogP contribution in [0.15, 0.2) is 66.6 Å². The lowest BCUT2D eigenvalue weighted by atomic mass is 10.2. The van der Waals surface area contributed by atoms with Gasteiger partial charge < -0.3 is 8.83 Å². The van der Waals surface area contributed by atoms with E-state index in [9.17, 15) is 4.79 Å². The number of halogens is 2. The molecule has 2 aromatic heterocycles. The topological polar surface area (TPSA) is 69.1 Å². The van der Waals surface area contributed by atoms with E-state index in [0.29, 0.717) is 21.9 Å². The van der Waals surface area contributed by atoms with Crippen LogP contribution in [-0.4, -0.2) is 10.2 Å². The molecule has 0 unspecified atom stereocenters. The Kier molecular flexibility index (Phi) is 3.70. The van der Waals surface area contributed by atoms with Crippen molar-refractivity contribution in [1.82, 2.24) is 10.2 Å². The predicted molar refractivity (Wildman–Crippen MR) is 93.9 cm³/mol. The monoisotopic (exact) mass is 402 g/mol.